The van der Waals surface area contributed by atoms with Gasteiger partial charge in [-0.2, -0.15) is 0 Å². The van der Waals surface area contributed by atoms with Gasteiger partial charge in [-0.3, -0.25) is 0 Å². The first-order valence-corrected chi connectivity index (χ1v) is 4.19. The molecule has 1 rings (SSSR count). The lowest BCUT2D eigenvalue weighted by Gasteiger charge is -2.00. The SMILES string of the molecule is C=C/C=C(\C=C)c1ncc(CO)cn1. The van der Waals surface area contributed by atoms with E-state index in [0.29, 0.717) is 11.4 Å². The Morgan fingerprint density at radius 2 is 2.00 bits per heavy atom. The van der Waals surface area contributed by atoms with E-state index in [1.807, 2.05) is 0 Å². The van der Waals surface area contributed by atoms with Crippen molar-refractivity contribution in [2.24, 2.45) is 0 Å². The highest BCUT2D eigenvalue weighted by atomic mass is 16.3. The minimum Gasteiger partial charge on any atom is -0.392 e. The predicted octanol–water partition coefficient (Wildman–Crippen LogP) is 1.72. The highest BCUT2D eigenvalue weighted by molar-refractivity contribution is 5.69. The molecule has 3 heteroatoms. The van der Waals surface area contributed by atoms with Crippen LogP contribution in [-0.4, -0.2) is 15.1 Å². The first kappa shape index (κ1) is 10.3. The minimum absolute atomic E-state index is 0.0468. The average molecular weight is 188 g/mol. The molecule has 14 heavy (non-hydrogen) atoms. The number of aromatic nitrogens is 2. The summed E-state index contributed by atoms with van der Waals surface area (Å²) in [7, 11) is 0. The quantitative estimate of drug-likeness (QED) is 0.732. The van der Waals surface area contributed by atoms with Gasteiger partial charge in [0, 0.05) is 23.5 Å². The van der Waals surface area contributed by atoms with Crippen LogP contribution in [0.5, 0.6) is 0 Å². The second-order valence-electron chi connectivity index (χ2n) is 2.63. The first-order chi connectivity index (χ1) is 6.81. The van der Waals surface area contributed by atoms with Crippen molar-refractivity contribution in [1.29, 1.82) is 0 Å². The molecule has 0 aliphatic carbocycles. The van der Waals surface area contributed by atoms with Gasteiger partial charge in [0.1, 0.15) is 0 Å². The third-order valence-electron chi connectivity index (χ3n) is 1.66. The molecular weight excluding hydrogens is 176 g/mol. The molecule has 0 atom stereocenters. The summed E-state index contributed by atoms with van der Waals surface area (Å²) >= 11 is 0. The van der Waals surface area contributed by atoms with Crippen LogP contribution in [0.25, 0.3) is 5.57 Å². The fourth-order valence-electron chi connectivity index (χ4n) is 0.946. The number of allylic oxidation sites excluding steroid dienone is 4. The maximum absolute atomic E-state index is 8.80. The summed E-state index contributed by atoms with van der Waals surface area (Å²) in [6.07, 6.45) is 8.27. The molecule has 0 aliphatic rings. The molecule has 3 nitrogen and oxygen atoms in total. The van der Waals surface area contributed by atoms with Crippen LogP contribution in [0.2, 0.25) is 0 Å². The van der Waals surface area contributed by atoms with Gasteiger partial charge in [-0.05, 0) is 0 Å². The van der Waals surface area contributed by atoms with E-state index >= 15 is 0 Å². The van der Waals surface area contributed by atoms with Crippen LogP contribution in [0.15, 0.2) is 43.8 Å². The molecule has 0 radical (unpaired) electrons. The molecule has 0 unspecified atom stereocenters. The highest BCUT2D eigenvalue weighted by Gasteiger charge is 1.99. The van der Waals surface area contributed by atoms with Crippen molar-refractivity contribution in [2.75, 3.05) is 0 Å². The predicted molar refractivity (Wildman–Crippen MR) is 56.3 cm³/mol. The summed E-state index contributed by atoms with van der Waals surface area (Å²) < 4.78 is 0. The zero-order valence-electron chi connectivity index (χ0n) is 7.85. The van der Waals surface area contributed by atoms with Crippen molar-refractivity contribution in [3.05, 3.63) is 55.2 Å². The van der Waals surface area contributed by atoms with Gasteiger partial charge in [0.05, 0.1) is 6.61 Å². The molecule has 0 bridgehead atoms. The van der Waals surface area contributed by atoms with E-state index < -0.39 is 0 Å². The van der Waals surface area contributed by atoms with Crippen molar-refractivity contribution in [3.8, 4) is 0 Å². The van der Waals surface area contributed by atoms with Crippen molar-refractivity contribution in [1.82, 2.24) is 9.97 Å². The van der Waals surface area contributed by atoms with Crippen LogP contribution in [0.1, 0.15) is 11.4 Å². The van der Waals surface area contributed by atoms with Crippen LogP contribution >= 0.6 is 0 Å². The smallest absolute Gasteiger partial charge is 0.159 e. The Morgan fingerprint density at radius 1 is 1.36 bits per heavy atom. The van der Waals surface area contributed by atoms with E-state index in [2.05, 4.69) is 23.1 Å². The van der Waals surface area contributed by atoms with E-state index in [1.54, 1.807) is 30.6 Å². The van der Waals surface area contributed by atoms with Crippen molar-refractivity contribution >= 4 is 5.57 Å². The van der Waals surface area contributed by atoms with Crippen molar-refractivity contribution in [3.63, 3.8) is 0 Å². The average Bonchev–Trinajstić information content (AvgIpc) is 2.26. The van der Waals surface area contributed by atoms with Crippen LogP contribution in [0.4, 0.5) is 0 Å². The minimum atomic E-state index is -0.0468. The fourth-order valence-corrected chi connectivity index (χ4v) is 0.946. The Hall–Kier alpha value is -1.74. The summed E-state index contributed by atoms with van der Waals surface area (Å²) in [5.41, 5.74) is 1.50. The van der Waals surface area contributed by atoms with Gasteiger partial charge in [0.15, 0.2) is 5.82 Å². The Kier molecular flexibility index (Phi) is 3.76. The van der Waals surface area contributed by atoms with Gasteiger partial charge < -0.3 is 5.11 Å². The number of aliphatic hydroxyl groups excluding tert-OH is 1. The highest BCUT2D eigenvalue weighted by Crippen LogP contribution is 2.09. The molecule has 1 aromatic heterocycles. The Bertz CT molecular complexity index is 352. The number of aliphatic hydroxyl groups is 1. The number of rotatable bonds is 4. The molecule has 72 valence electrons. The van der Waals surface area contributed by atoms with E-state index in [1.165, 1.54) is 0 Å². The molecule has 0 aromatic carbocycles. The van der Waals surface area contributed by atoms with Crippen LogP contribution in [-0.2, 0) is 6.61 Å². The lowest BCUT2D eigenvalue weighted by atomic mass is 10.2. The lowest BCUT2D eigenvalue weighted by Crippen LogP contribution is -1.94. The van der Waals surface area contributed by atoms with Crippen LogP contribution in [0.3, 0.4) is 0 Å². The molecular formula is C11H12N2O. The molecule has 0 saturated carbocycles. The van der Waals surface area contributed by atoms with Crippen molar-refractivity contribution in [2.45, 2.75) is 6.61 Å². The zero-order valence-corrected chi connectivity index (χ0v) is 7.85. The molecule has 1 N–H and O–H groups in total. The second-order valence-corrected chi connectivity index (χ2v) is 2.63. The monoisotopic (exact) mass is 188 g/mol. The molecule has 1 heterocycles. The maximum Gasteiger partial charge on any atom is 0.159 e. The summed E-state index contributed by atoms with van der Waals surface area (Å²) in [5.74, 6) is 0.581. The Balaban J connectivity index is 3.00. The summed E-state index contributed by atoms with van der Waals surface area (Å²) in [6, 6.07) is 0. The number of nitrogens with zero attached hydrogens (tertiary/aromatic N) is 2. The van der Waals surface area contributed by atoms with Gasteiger partial charge in [0.2, 0.25) is 0 Å². The van der Waals surface area contributed by atoms with E-state index in [9.17, 15) is 0 Å². The van der Waals surface area contributed by atoms with Crippen LogP contribution < -0.4 is 0 Å². The molecule has 0 amide bonds. The number of hydrogen-bond acceptors (Lipinski definition) is 3. The van der Waals surface area contributed by atoms with Gasteiger partial charge in [-0.15, -0.1) is 0 Å². The second kappa shape index (κ2) is 5.09. The van der Waals surface area contributed by atoms with Crippen LogP contribution in [0, 0.1) is 0 Å². The molecule has 1 aromatic rings. The maximum atomic E-state index is 8.80. The first-order valence-electron chi connectivity index (χ1n) is 4.19. The largest absolute Gasteiger partial charge is 0.392 e. The fraction of sp³-hybridized carbons (Fsp3) is 0.0909. The summed E-state index contributed by atoms with van der Waals surface area (Å²) in [4.78, 5) is 8.16. The molecule has 0 spiro atoms. The third kappa shape index (κ3) is 2.37. The van der Waals surface area contributed by atoms with E-state index in [-0.39, 0.29) is 6.61 Å². The normalized spacial score (nSPS) is 11.1. The number of hydrogen-bond donors (Lipinski definition) is 1. The van der Waals surface area contributed by atoms with Gasteiger partial charge >= 0.3 is 0 Å². The van der Waals surface area contributed by atoms with Gasteiger partial charge in [-0.25, -0.2) is 9.97 Å². The van der Waals surface area contributed by atoms with Gasteiger partial charge in [0.25, 0.3) is 0 Å². The van der Waals surface area contributed by atoms with E-state index in [4.69, 9.17) is 5.11 Å². The van der Waals surface area contributed by atoms with Gasteiger partial charge in [-0.1, -0.05) is 31.4 Å². The standard InChI is InChI=1S/C11H12N2O/c1-3-5-10(4-2)11-12-6-9(8-14)7-13-11/h3-7,14H,1-2,8H2/b10-5+. The Morgan fingerprint density at radius 3 is 2.43 bits per heavy atom. The molecule has 0 fully saturated rings. The summed E-state index contributed by atoms with van der Waals surface area (Å²) in [5, 5.41) is 8.80. The zero-order chi connectivity index (χ0) is 10.4. The van der Waals surface area contributed by atoms with Crippen molar-refractivity contribution < 1.29 is 5.11 Å². The summed E-state index contributed by atoms with van der Waals surface area (Å²) in [6.45, 7) is 7.19. The topological polar surface area (TPSA) is 46.0 Å². The lowest BCUT2D eigenvalue weighted by molar-refractivity contribution is 0.281. The Labute approximate surface area is 83.2 Å². The van der Waals surface area contributed by atoms with E-state index in [0.717, 1.165) is 5.57 Å². The molecule has 0 aliphatic heterocycles. The molecule has 0 saturated heterocycles. The third-order valence-corrected chi connectivity index (χ3v) is 1.66.